The smallest absolute Gasteiger partial charge is 0.328 e. The second kappa shape index (κ2) is 5.44. The summed E-state index contributed by atoms with van der Waals surface area (Å²) in [6.45, 7) is 0. The van der Waals surface area contributed by atoms with E-state index in [0.29, 0.717) is 5.56 Å². The van der Waals surface area contributed by atoms with Gasteiger partial charge in [-0.2, -0.15) is 0 Å². The Kier molecular flexibility index (Phi) is 3.71. The summed E-state index contributed by atoms with van der Waals surface area (Å²) < 4.78 is 27.6. The number of hydrogen-bond acceptors (Lipinski definition) is 1. The molecule has 2 aromatic rings. The Hall–Kier alpha value is -2.49. The van der Waals surface area contributed by atoms with E-state index in [1.807, 2.05) is 0 Å². The largest absolute Gasteiger partial charge is 0.478 e. The second-order valence-electron chi connectivity index (χ2n) is 3.86. The number of carboxylic acids is 1. The Balaban J connectivity index is 2.62. The Morgan fingerprint density at radius 3 is 2.37 bits per heavy atom. The Morgan fingerprint density at radius 2 is 1.68 bits per heavy atom. The van der Waals surface area contributed by atoms with E-state index in [-0.39, 0.29) is 11.1 Å². The molecule has 0 aliphatic rings. The lowest BCUT2D eigenvalue weighted by Crippen LogP contribution is -1.93. The molecule has 0 heterocycles. The third-order valence-electron chi connectivity index (χ3n) is 2.59. The lowest BCUT2D eigenvalue weighted by molar-refractivity contribution is -0.131. The van der Waals surface area contributed by atoms with E-state index in [4.69, 9.17) is 5.11 Å². The average Bonchev–Trinajstić information content (AvgIpc) is 2.37. The van der Waals surface area contributed by atoms with Gasteiger partial charge in [0, 0.05) is 17.2 Å². The Morgan fingerprint density at radius 1 is 1.00 bits per heavy atom. The van der Waals surface area contributed by atoms with Crippen LogP contribution in [0.4, 0.5) is 8.78 Å². The predicted octanol–water partition coefficient (Wildman–Crippen LogP) is 3.73. The van der Waals surface area contributed by atoms with Crippen LogP contribution in [-0.4, -0.2) is 11.1 Å². The highest BCUT2D eigenvalue weighted by atomic mass is 19.1. The van der Waals surface area contributed by atoms with Crippen LogP contribution in [0, 0.1) is 11.6 Å². The number of carbonyl (C=O) groups is 1. The zero-order valence-electron chi connectivity index (χ0n) is 9.81. The maximum atomic E-state index is 13.9. The molecule has 4 heteroatoms. The highest BCUT2D eigenvalue weighted by molar-refractivity contribution is 5.88. The minimum atomic E-state index is -1.15. The van der Waals surface area contributed by atoms with Crippen LogP contribution in [0.1, 0.15) is 5.56 Å². The summed E-state index contributed by atoms with van der Waals surface area (Å²) in [6, 6.07) is 9.96. The van der Waals surface area contributed by atoms with Gasteiger partial charge in [-0.15, -0.1) is 0 Å². The summed E-state index contributed by atoms with van der Waals surface area (Å²) in [6.07, 6.45) is 2.13. The van der Waals surface area contributed by atoms with Crippen molar-refractivity contribution >= 4 is 12.0 Å². The molecule has 2 rings (SSSR count). The van der Waals surface area contributed by atoms with Crippen molar-refractivity contribution in [2.45, 2.75) is 0 Å². The first kappa shape index (κ1) is 13.0. The zero-order valence-corrected chi connectivity index (χ0v) is 9.81. The molecule has 0 aliphatic carbocycles. The van der Waals surface area contributed by atoms with Gasteiger partial charge in [-0.1, -0.05) is 30.3 Å². The van der Waals surface area contributed by atoms with Crippen molar-refractivity contribution in [1.29, 1.82) is 0 Å². The van der Waals surface area contributed by atoms with Crippen molar-refractivity contribution in [3.63, 3.8) is 0 Å². The van der Waals surface area contributed by atoms with Gasteiger partial charge in [0.2, 0.25) is 0 Å². The first-order chi connectivity index (χ1) is 9.09. The summed E-state index contributed by atoms with van der Waals surface area (Å²) in [4.78, 5) is 10.5. The van der Waals surface area contributed by atoms with Gasteiger partial charge < -0.3 is 5.11 Å². The maximum absolute atomic E-state index is 13.9. The second-order valence-corrected chi connectivity index (χ2v) is 3.86. The first-order valence-corrected chi connectivity index (χ1v) is 5.54. The number of rotatable bonds is 3. The van der Waals surface area contributed by atoms with Gasteiger partial charge in [0.25, 0.3) is 0 Å². The van der Waals surface area contributed by atoms with Crippen molar-refractivity contribution < 1.29 is 18.7 Å². The molecular weight excluding hydrogens is 250 g/mol. The van der Waals surface area contributed by atoms with Crippen LogP contribution in [0.3, 0.4) is 0 Å². The number of halogens is 2. The van der Waals surface area contributed by atoms with E-state index in [2.05, 4.69) is 0 Å². The molecule has 0 unspecified atom stereocenters. The molecule has 0 radical (unpaired) electrons. The fourth-order valence-electron chi connectivity index (χ4n) is 1.79. The van der Waals surface area contributed by atoms with Gasteiger partial charge in [0.1, 0.15) is 11.6 Å². The van der Waals surface area contributed by atoms with E-state index in [1.165, 1.54) is 42.5 Å². The zero-order chi connectivity index (χ0) is 13.8. The molecule has 19 heavy (non-hydrogen) atoms. The first-order valence-electron chi connectivity index (χ1n) is 5.54. The molecule has 0 bridgehead atoms. The predicted molar refractivity (Wildman–Crippen MR) is 68.5 cm³/mol. The highest BCUT2D eigenvalue weighted by Gasteiger charge is 2.12. The summed E-state index contributed by atoms with van der Waals surface area (Å²) >= 11 is 0. The summed E-state index contributed by atoms with van der Waals surface area (Å²) in [7, 11) is 0. The molecule has 2 nitrogen and oxygen atoms in total. The molecule has 0 aliphatic heterocycles. The summed E-state index contributed by atoms with van der Waals surface area (Å²) in [5, 5.41) is 8.61. The summed E-state index contributed by atoms with van der Waals surface area (Å²) in [5.41, 5.74) is 0.469. The molecule has 96 valence electrons. The highest BCUT2D eigenvalue weighted by Crippen LogP contribution is 2.29. The molecule has 0 aromatic heterocycles. The van der Waals surface area contributed by atoms with Crippen molar-refractivity contribution in [3.05, 3.63) is 65.7 Å². The topological polar surface area (TPSA) is 37.3 Å². The van der Waals surface area contributed by atoms with Crippen molar-refractivity contribution in [2.24, 2.45) is 0 Å². The number of aliphatic carboxylic acids is 1. The molecule has 0 amide bonds. The van der Waals surface area contributed by atoms with Crippen molar-refractivity contribution in [2.75, 3.05) is 0 Å². The van der Waals surface area contributed by atoms with Crippen molar-refractivity contribution in [1.82, 2.24) is 0 Å². The van der Waals surface area contributed by atoms with Crippen LogP contribution < -0.4 is 0 Å². The Bertz CT molecular complexity index is 648. The van der Waals surface area contributed by atoms with Crippen LogP contribution >= 0.6 is 0 Å². The minimum absolute atomic E-state index is 0.0538. The minimum Gasteiger partial charge on any atom is -0.478 e. The van der Waals surface area contributed by atoms with Gasteiger partial charge in [0.05, 0.1) is 0 Å². The summed E-state index contributed by atoms with van der Waals surface area (Å²) in [5.74, 6) is -2.31. The van der Waals surface area contributed by atoms with Gasteiger partial charge in [0.15, 0.2) is 0 Å². The molecule has 0 fully saturated rings. The van der Waals surface area contributed by atoms with Crippen LogP contribution in [0.25, 0.3) is 17.2 Å². The molecule has 0 saturated heterocycles. The van der Waals surface area contributed by atoms with Gasteiger partial charge in [-0.25, -0.2) is 13.6 Å². The quantitative estimate of drug-likeness (QED) is 0.854. The SMILES string of the molecule is O=C(O)/C=C/c1cccc(F)c1-c1ccccc1F. The standard InChI is InChI=1S/C15H10F2O2/c16-12-6-2-1-5-11(12)15-10(8-9-14(18)19)4-3-7-13(15)17/h1-9H,(H,18,19)/b9-8+. The molecule has 0 saturated carbocycles. The lowest BCUT2D eigenvalue weighted by atomic mass is 9.98. The van der Waals surface area contributed by atoms with Crippen LogP contribution in [0.2, 0.25) is 0 Å². The van der Waals surface area contributed by atoms with Crippen molar-refractivity contribution in [3.8, 4) is 11.1 Å². The van der Waals surface area contributed by atoms with E-state index in [1.54, 1.807) is 6.07 Å². The van der Waals surface area contributed by atoms with Gasteiger partial charge >= 0.3 is 5.97 Å². The monoisotopic (exact) mass is 260 g/mol. The third kappa shape index (κ3) is 2.85. The van der Waals surface area contributed by atoms with Crippen LogP contribution in [-0.2, 0) is 4.79 Å². The fourth-order valence-corrected chi connectivity index (χ4v) is 1.79. The van der Waals surface area contributed by atoms with Gasteiger partial charge in [-0.3, -0.25) is 0 Å². The van der Waals surface area contributed by atoms with E-state index >= 15 is 0 Å². The fraction of sp³-hybridized carbons (Fsp3) is 0. The van der Waals surface area contributed by atoms with E-state index in [9.17, 15) is 13.6 Å². The third-order valence-corrected chi connectivity index (χ3v) is 2.59. The van der Waals surface area contributed by atoms with E-state index < -0.39 is 17.6 Å². The lowest BCUT2D eigenvalue weighted by Gasteiger charge is -2.08. The number of carboxylic acid groups (broad SMARTS) is 1. The molecule has 2 aromatic carbocycles. The van der Waals surface area contributed by atoms with E-state index in [0.717, 1.165) is 6.08 Å². The van der Waals surface area contributed by atoms with Crippen LogP contribution in [0.5, 0.6) is 0 Å². The number of hydrogen-bond donors (Lipinski definition) is 1. The van der Waals surface area contributed by atoms with Gasteiger partial charge in [-0.05, 0) is 23.8 Å². The molecule has 0 atom stereocenters. The molecule has 0 spiro atoms. The van der Waals surface area contributed by atoms with Crippen LogP contribution in [0.15, 0.2) is 48.5 Å². The average molecular weight is 260 g/mol. The molecular formula is C15H10F2O2. The number of benzene rings is 2. The molecule has 1 N–H and O–H groups in total. The maximum Gasteiger partial charge on any atom is 0.328 e. The Labute approximate surface area is 108 Å². The normalized spacial score (nSPS) is 10.8.